The van der Waals surface area contributed by atoms with Gasteiger partial charge in [0.25, 0.3) is 0 Å². The first-order chi connectivity index (χ1) is 12.0. The van der Waals surface area contributed by atoms with Gasteiger partial charge < -0.3 is 4.90 Å². The molecule has 2 aromatic rings. The van der Waals surface area contributed by atoms with Crippen LogP contribution >= 0.6 is 23.4 Å². The average molecular weight is 398 g/mol. The second-order valence-electron chi connectivity index (χ2n) is 6.14. The molecule has 0 atom stereocenters. The van der Waals surface area contributed by atoms with Gasteiger partial charge in [-0.25, -0.2) is 8.42 Å². The van der Waals surface area contributed by atoms with Crippen LogP contribution in [0.1, 0.15) is 5.56 Å². The molecule has 7 heteroatoms. The van der Waals surface area contributed by atoms with E-state index >= 15 is 0 Å². The molecule has 0 saturated carbocycles. The van der Waals surface area contributed by atoms with E-state index in [1.165, 1.54) is 21.4 Å². The second kappa shape index (κ2) is 8.10. The van der Waals surface area contributed by atoms with Crippen LogP contribution < -0.4 is 4.90 Å². The highest BCUT2D eigenvalue weighted by atomic mass is 35.5. The van der Waals surface area contributed by atoms with Crippen LogP contribution in [-0.4, -0.2) is 45.2 Å². The van der Waals surface area contributed by atoms with Crippen LogP contribution in [-0.2, 0) is 16.6 Å². The van der Waals surface area contributed by atoms with Gasteiger partial charge in [0.1, 0.15) is 6.54 Å². The molecule has 3 rings (SSSR count). The smallest absolute Gasteiger partial charge is 0.243 e. The van der Waals surface area contributed by atoms with Crippen molar-refractivity contribution in [2.24, 2.45) is 0 Å². The summed E-state index contributed by atoms with van der Waals surface area (Å²) >= 11 is 7.67. The molecule has 134 valence electrons. The molecule has 4 nitrogen and oxygen atoms in total. The summed E-state index contributed by atoms with van der Waals surface area (Å²) in [4.78, 5) is 2.95. The Morgan fingerprint density at radius 1 is 1.12 bits per heavy atom. The molecule has 1 heterocycles. The Balaban J connectivity index is 1.61. The van der Waals surface area contributed by atoms with Gasteiger partial charge in [-0.3, -0.25) is 0 Å². The number of halogens is 1. The van der Waals surface area contributed by atoms with E-state index < -0.39 is 10.0 Å². The lowest BCUT2D eigenvalue weighted by atomic mass is 10.2. The van der Waals surface area contributed by atoms with Crippen LogP contribution in [0.5, 0.6) is 0 Å². The Bertz CT molecular complexity index is 817. The van der Waals surface area contributed by atoms with E-state index in [4.69, 9.17) is 11.6 Å². The fraction of sp³-hybridized carbons (Fsp3) is 0.333. The van der Waals surface area contributed by atoms with E-state index in [2.05, 4.69) is 30.5 Å². The number of benzene rings is 2. The Morgan fingerprint density at radius 3 is 2.40 bits per heavy atom. The minimum Gasteiger partial charge on any atom is -0.329 e. The van der Waals surface area contributed by atoms with E-state index in [9.17, 15) is 8.42 Å². The minimum absolute atomic E-state index is 0.274. The zero-order valence-corrected chi connectivity index (χ0v) is 16.5. The van der Waals surface area contributed by atoms with E-state index in [0.29, 0.717) is 18.1 Å². The van der Waals surface area contributed by atoms with Crippen molar-refractivity contribution in [3.05, 3.63) is 59.1 Å². The molecular formula is C18H22ClN2O2S2+. The van der Waals surface area contributed by atoms with Gasteiger partial charge in [0.05, 0.1) is 31.1 Å². The highest BCUT2D eigenvalue weighted by Gasteiger charge is 2.30. The van der Waals surface area contributed by atoms with Gasteiger partial charge >= 0.3 is 0 Å². The van der Waals surface area contributed by atoms with Crippen molar-refractivity contribution in [2.75, 3.05) is 32.4 Å². The van der Waals surface area contributed by atoms with Crippen molar-refractivity contribution in [2.45, 2.75) is 16.3 Å². The highest BCUT2D eigenvalue weighted by molar-refractivity contribution is 7.98. The molecule has 1 aliphatic heterocycles. The lowest BCUT2D eigenvalue weighted by molar-refractivity contribution is -0.917. The Labute approximate surface area is 158 Å². The fourth-order valence-electron chi connectivity index (χ4n) is 3.03. The first-order valence-electron chi connectivity index (χ1n) is 8.21. The molecule has 0 spiro atoms. The number of nitrogens with zero attached hydrogens (tertiary/aromatic N) is 1. The second-order valence-corrected chi connectivity index (χ2v) is 9.39. The van der Waals surface area contributed by atoms with Crippen molar-refractivity contribution in [1.29, 1.82) is 0 Å². The largest absolute Gasteiger partial charge is 0.329 e. The van der Waals surface area contributed by atoms with Crippen molar-refractivity contribution in [1.82, 2.24) is 4.31 Å². The number of nitrogens with one attached hydrogen (secondary N) is 1. The zero-order valence-electron chi connectivity index (χ0n) is 14.1. The maximum atomic E-state index is 12.7. The third-order valence-electron chi connectivity index (χ3n) is 4.48. The molecule has 0 aromatic heterocycles. The summed E-state index contributed by atoms with van der Waals surface area (Å²) in [7, 11) is -3.46. The number of quaternary nitrogens is 1. The summed E-state index contributed by atoms with van der Waals surface area (Å²) in [6.45, 7) is 3.62. The van der Waals surface area contributed by atoms with Crippen LogP contribution in [0.2, 0.25) is 5.02 Å². The van der Waals surface area contributed by atoms with Crippen LogP contribution in [0.15, 0.2) is 58.3 Å². The number of piperazine rings is 1. The van der Waals surface area contributed by atoms with Gasteiger partial charge in [-0.1, -0.05) is 29.8 Å². The first kappa shape index (κ1) is 18.7. The number of thioether (sulfide) groups is 1. The summed E-state index contributed by atoms with van der Waals surface area (Å²) in [5.41, 5.74) is 1.29. The van der Waals surface area contributed by atoms with E-state index in [0.717, 1.165) is 19.6 Å². The normalized spacial score (nSPS) is 16.9. The van der Waals surface area contributed by atoms with Crippen molar-refractivity contribution in [3.8, 4) is 0 Å². The Hall–Kier alpha value is -1.05. The molecule has 1 aliphatic rings. The Morgan fingerprint density at radius 2 is 1.80 bits per heavy atom. The lowest BCUT2D eigenvalue weighted by Crippen LogP contribution is -3.13. The molecule has 0 aliphatic carbocycles. The van der Waals surface area contributed by atoms with Gasteiger partial charge in [-0.15, -0.1) is 11.8 Å². The number of hydrogen-bond donors (Lipinski definition) is 1. The zero-order chi connectivity index (χ0) is 17.9. The molecule has 1 saturated heterocycles. The number of rotatable bonds is 5. The summed E-state index contributed by atoms with van der Waals surface area (Å²) in [6, 6.07) is 15.1. The summed E-state index contributed by atoms with van der Waals surface area (Å²) in [6.07, 6.45) is 2.07. The van der Waals surface area contributed by atoms with Gasteiger partial charge in [-0.2, -0.15) is 4.31 Å². The van der Waals surface area contributed by atoms with Crippen LogP contribution in [0.4, 0.5) is 0 Å². The third-order valence-corrected chi connectivity index (χ3v) is 7.35. The van der Waals surface area contributed by atoms with Gasteiger partial charge in [0, 0.05) is 15.5 Å². The molecule has 2 aromatic carbocycles. The predicted octanol–water partition coefficient (Wildman–Crippen LogP) is 2.15. The van der Waals surface area contributed by atoms with Crippen LogP contribution in [0.3, 0.4) is 0 Å². The third kappa shape index (κ3) is 4.57. The first-order valence-corrected chi connectivity index (χ1v) is 11.3. The summed E-state index contributed by atoms with van der Waals surface area (Å²) < 4.78 is 27.0. The maximum Gasteiger partial charge on any atom is 0.243 e. The number of sulfonamides is 1. The predicted molar refractivity (Wildman–Crippen MR) is 103 cm³/mol. The highest BCUT2D eigenvalue weighted by Crippen LogP contribution is 2.19. The van der Waals surface area contributed by atoms with Crippen molar-refractivity contribution >= 4 is 33.4 Å². The maximum absolute atomic E-state index is 12.7. The SMILES string of the molecule is CSc1ccc(C[NH+]2CCN(S(=O)(=O)c3cccc(Cl)c3)CC2)cc1. The van der Waals surface area contributed by atoms with Crippen molar-refractivity contribution in [3.63, 3.8) is 0 Å². The molecule has 0 bridgehead atoms. The van der Waals surface area contributed by atoms with Gasteiger partial charge in [0.2, 0.25) is 10.0 Å². The standard InChI is InChI=1S/C18H21ClN2O2S2/c1-24-17-7-5-15(6-8-17)14-20-9-11-21(12-10-20)25(22,23)18-4-2-3-16(19)13-18/h2-8,13H,9-12,14H2,1H3/p+1. The molecule has 0 unspecified atom stereocenters. The molecular weight excluding hydrogens is 376 g/mol. The minimum atomic E-state index is -3.46. The Kier molecular flexibility index (Phi) is 6.07. The van der Waals surface area contributed by atoms with E-state index in [1.54, 1.807) is 34.3 Å². The van der Waals surface area contributed by atoms with Crippen LogP contribution in [0, 0.1) is 0 Å². The monoisotopic (exact) mass is 397 g/mol. The van der Waals surface area contributed by atoms with Gasteiger partial charge in [-0.05, 0) is 36.6 Å². The fourth-order valence-corrected chi connectivity index (χ4v) is 5.18. The van der Waals surface area contributed by atoms with Crippen LogP contribution in [0.25, 0.3) is 0 Å². The summed E-state index contributed by atoms with van der Waals surface area (Å²) in [5, 5.41) is 0.444. The van der Waals surface area contributed by atoms with Gasteiger partial charge in [0.15, 0.2) is 0 Å². The van der Waals surface area contributed by atoms with Crippen molar-refractivity contribution < 1.29 is 13.3 Å². The number of hydrogen-bond acceptors (Lipinski definition) is 3. The molecule has 0 radical (unpaired) electrons. The molecule has 25 heavy (non-hydrogen) atoms. The van der Waals surface area contributed by atoms with E-state index in [-0.39, 0.29) is 4.90 Å². The topological polar surface area (TPSA) is 41.8 Å². The molecule has 0 amide bonds. The summed E-state index contributed by atoms with van der Waals surface area (Å²) in [5.74, 6) is 0. The molecule has 1 N–H and O–H groups in total. The molecule has 1 fully saturated rings. The quantitative estimate of drug-likeness (QED) is 0.786. The average Bonchev–Trinajstić information content (AvgIpc) is 2.63. The lowest BCUT2D eigenvalue weighted by Gasteiger charge is -2.31. The van der Waals surface area contributed by atoms with E-state index in [1.807, 2.05) is 0 Å².